The Hall–Kier alpha value is -3.61. The molecule has 0 unspecified atom stereocenters. The van der Waals surface area contributed by atoms with Gasteiger partial charge in [0.25, 0.3) is 5.91 Å². The van der Waals surface area contributed by atoms with Gasteiger partial charge in [-0.25, -0.2) is 4.98 Å². The zero-order valence-electron chi connectivity index (χ0n) is 21.6. The predicted molar refractivity (Wildman–Crippen MR) is 145 cm³/mol. The van der Waals surface area contributed by atoms with Crippen LogP contribution >= 0.6 is 0 Å². The zero-order chi connectivity index (χ0) is 25.3. The Balaban J connectivity index is 1.37. The minimum Gasteiger partial charge on any atom is -0.352 e. The molecule has 1 saturated carbocycles. The summed E-state index contributed by atoms with van der Waals surface area (Å²) < 4.78 is 4.72. The first kappa shape index (κ1) is 22.6. The third-order valence-electron chi connectivity index (χ3n) is 8.73. The van der Waals surface area contributed by atoms with Crippen molar-refractivity contribution in [3.8, 4) is 11.5 Å². The van der Waals surface area contributed by atoms with E-state index in [4.69, 9.17) is 4.98 Å². The van der Waals surface area contributed by atoms with E-state index in [0.717, 1.165) is 72.6 Å². The Bertz CT molecular complexity index is 1570. The highest BCUT2D eigenvalue weighted by atomic mass is 16.2. The van der Waals surface area contributed by atoms with Crippen molar-refractivity contribution in [2.75, 3.05) is 19.6 Å². The van der Waals surface area contributed by atoms with E-state index in [1.807, 2.05) is 11.0 Å². The average molecular weight is 496 g/mol. The maximum absolute atomic E-state index is 12.5. The van der Waals surface area contributed by atoms with Crippen molar-refractivity contribution in [3.63, 3.8) is 0 Å². The van der Waals surface area contributed by atoms with Crippen molar-refractivity contribution in [1.29, 1.82) is 0 Å². The van der Waals surface area contributed by atoms with Gasteiger partial charge in [-0.05, 0) is 73.3 Å². The molecule has 3 aliphatic rings. The molecule has 7 heteroatoms. The molecule has 4 aromatic rings. The molecule has 0 radical (unpaired) electrons. The fourth-order valence-corrected chi connectivity index (χ4v) is 6.46. The van der Waals surface area contributed by atoms with Crippen LogP contribution in [0.1, 0.15) is 60.0 Å². The van der Waals surface area contributed by atoms with E-state index in [9.17, 15) is 9.59 Å². The summed E-state index contributed by atoms with van der Waals surface area (Å²) in [6.45, 7) is 5.02. The number of carbonyl (C=O) groups is 2. The van der Waals surface area contributed by atoms with Gasteiger partial charge >= 0.3 is 0 Å². The summed E-state index contributed by atoms with van der Waals surface area (Å²) in [5.41, 5.74) is 7.67. The monoisotopic (exact) mass is 495 g/mol. The number of aromatic nitrogens is 3. The van der Waals surface area contributed by atoms with Crippen LogP contribution in [0.5, 0.6) is 0 Å². The van der Waals surface area contributed by atoms with Gasteiger partial charge in [-0.1, -0.05) is 18.2 Å². The Kier molecular flexibility index (Phi) is 5.17. The molecule has 1 aliphatic carbocycles. The lowest BCUT2D eigenvalue weighted by atomic mass is 9.88. The normalized spacial score (nSPS) is 18.4. The number of hydrogen-bond acceptors (Lipinski definition) is 3. The fraction of sp³-hybridized carbons (Fsp3) is 0.433. The van der Waals surface area contributed by atoms with Gasteiger partial charge in [0.1, 0.15) is 0 Å². The second-order valence-electron chi connectivity index (χ2n) is 11.1. The Morgan fingerprint density at radius 3 is 2.68 bits per heavy atom. The quantitative estimate of drug-likeness (QED) is 0.449. The molecule has 2 fully saturated rings. The number of piperidine rings is 1. The second-order valence-corrected chi connectivity index (χ2v) is 11.1. The molecule has 1 N–H and O–H groups in total. The number of fused-ring (bicyclic) bond motifs is 3. The van der Waals surface area contributed by atoms with Crippen LogP contribution in [0.3, 0.4) is 0 Å². The lowest BCUT2D eigenvalue weighted by molar-refractivity contribution is -0.129. The Morgan fingerprint density at radius 2 is 1.92 bits per heavy atom. The smallest absolute Gasteiger partial charge is 0.251 e. The number of aryl methyl sites for hydroxylation is 1. The van der Waals surface area contributed by atoms with Crippen LogP contribution in [0.4, 0.5) is 0 Å². The van der Waals surface area contributed by atoms with E-state index >= 15 is 0 Å². The Labute approximate surface area is 216 Å². The van der Waals surface area contributed by atoms with Gasteiger partial charge in [-0.2, -0.15) is 0 Å². The van der Waals surface area contributed by atoms with Crippen LogP contribution in [0.15, 0.2) is 36.4 Å². The maximum Gasteiger partial charge on any atom is 0.251 e. The largest absolute Gasteiger partial charge is 0.352 e. The van der Waals surface area contributed by atoms with Crippen LogP contribution in [-0.2, 0) is 24.8 Å². The van der Waals surface area contributed by atoms with Crippen LogP contribution in [-0.4, -0.2) is 50.5 Å². The molecule has 0 atom stereocenters. The summed E-state index contributed by atoms with van der Waals surface area (Å²) in [5, 5.41) is 4.22. The number of para-hydroxylation sites is 1. The number of benzene rings is 2. The highest BCUT2D eigenvalue weighted by Gasteiger charge is 2.29. The van der Waals surface area contributed by atoms with Crippen LogP contribution in [0.2, 0.25) is 0 Å². The van der Waals surface area contributed by atoms with E-state index in [-0.39, 0.29) is 11.8 Å². The topological polar surface area (TPSA) is 72.2 Å². The number of amides is 2. The van der Waals surface area contributed by atoms with E-state index < -0.39 is 0 Å². The maximum atomic E-state index is 12.5. The molecule has 0 spiro atoms. The molecular weight excluding hydrogens is 462 g/mol. The van der Waals surface area contributed by atoms with E-state index in [1.165, 1.54) is 29.3 Å². The first-order chi connectivity index (χ1) is 18.0. The summed E-state index contributed by atoms with van der Waals surface area (Å²) in [7, 11) is 2.09. The number of carbonyl (C=O) groups excluding carboxylic acids is 2. The molecule has 7 rings (SSSR count). The summed E-state index contributed by atoms with van der Waals surface area (Å²) in [6, 6.07) is 13.1. The third-order valence-corrected chi connectivity index (χ3v) is 8.73. The molecule has 2 aliphatic heterocycles. The van der Waals surface area contributed by atoms with Crippen LogP contribution in [0.25, 0.3) is 33.5 Å². The van der Waals surface area contributed by atoms with E-state index in [2.05, 4.69) is 51.8 Å². The number of hydrogen-bond donors (Lipinski definition) is 1. The lowest BCUT2D eigenvalue weighted by Crippen LogP contribution is -2.36. The lowest BCUT2D eigenvalue weighted by Gasteiger charge is -2.32. The van der Waals surface area contributed by atoms with Gasteiger partial charge in [0.15, 0.2) is 5.82 Å². The van der Waals surface area contributed by atoms with Crippen molar-refractivity contribution in [1.82, 2.24) is 24.3 Å². The van der Waals surface area contributed by atoms with Gasteiger partial charge in [0, 0.05) is 51.1 Å². The standard InChI is InChI=1S/C30H33N5O2/c1-18(36)34-12-9-20(10-13-34)23-5-3-4-22-15-27(35(28(22)23)17-19-6-7-19)29-32-25-16-24-21(8-11-31-30(24)37)14-26(25)33(29)2/h3-5,14-16,19-20H,6-13,17H2,1-2H3,(H,31,37). The van der Waals surface area contributed by atoms with E-state index in [1.54, 1.807) is 6.92 Å². The van der Waals surface area contributed by atoms with Crippen molar-refractivity contribution in [2.45, 2.75) is 51.5 Å². The number of rotatable bonds is 4. The molecule has 2 amide bonds. The minimum absolute atomic E-state index is 0.00124. The third kappa shape index (κ3) is 3.74. The molecule has 190 valence electrons. The molecule has 0 bridgehead atoms. The first-order valence-corrected chi connectivity index (χ1v) is 13.6. The van der Waals surface area contributed by atoms with Crippen molar-refractivity contribution in [3.05, 3.63) is 53.1 Å². The van der Waals surface area contributed by atoms with Gasteiger partial charge in [-0.3, -0.25) is 9.59 Å². The Morgan fingerprint density at radius 1 is 1.11 bits per heavy atom. The van der Waals surface area contributed by atoms with Gasteiger partial charge < -0.3 is 19.4 Å². The number of nitrogens with one attached hydrogen (secondary N) is 1. The SMILES string of the molecule is CC(=O)N1CCC(c2cccc3cc(-c4nc5cc6c(cc5n4C)CCNC6=O)n(CC4CC4)c23)CC1. The highest BCUT2D eigenvalue weighted by molar-refractivity contribution is 6.00. The fourth-order valence-electron chi connectivity index (χ4n) is 6.46. The molecule has 1 saturated heterocycles. The van der Waals surface area contributed by atoms with Crippen molar-refractivity contribution >= 4 is 33.8 Å². The van der Waals surface area contributed by atoms with Crippen LogP contribution in [0, 0.1) is 5.92 Å². The molecular formula is C30H33N5O2. The zero-order valence-corrected chi connectivity index (χ0v) is 21.6. The average Bonchev–Trinajstić information content (AvgIpc) is 3.58. The van der Waals surface area contributed by atoms with Crippen molar-refractivity contribution < 1.29 is 9.59 Å². The van der Waals surface area contributed by atoms with Gasteiger partial charge in [0.2, 0.25) is 5.91 Å². The summed E-state index contributed by atoms with van der Waals surface area (Å²) in [5.74, 6) is 2.29. The number of nitrogens with zero attached hydrogens (tertiary/aromatic N) is 4. The first-order valence-electron chi connectivity index (χ1n) is 13.6. The predicted octanol–water partition coefficient (Wildman–Crippen LogP) is 4.62. The van der Waals surface area contributed by atoms with E-state index in [0.29, 0.717) is 18.4 Å². The summed E-state index contributed by atoms with van der Waals surface area (Å²) in [6.07, 6.45) is 5.42. The summed E-state index contributed by atoms with van der Waals surface area (Å²) in [4.78, 5) is 31.4. The number of likely N-dealkylation sites (tertiary alicyclic amines) is 1. The molecule has 7 nitrogen and oxygen atoms in total. The molecule has 2 aromatic heterocycles. The van der Waals surface area contributed by atoms with Crippen LogP contribution < -0.4 is 5.32 Å². The summed E-state index contributed by atoms with van der Waals surface area (Å²) >= 11 is 0. The molecule has 37 heavy (non-hydrogen) atoms. The second kappa shape index (κ2) is 8.47. The van der Waals surface area contributed by atoms with Gasteiger partial charge in [-0.15, -0.1) is 0 Å². The molecule has 2 aromatic carbocycles. The highest BCUT2D eigenvalue weighted by Crippen LogP contribution is 2.40. The van der Waals surface area contributed by atoms with Crippen molar-refractivity contribution in [2.24, 2.45) is 13.0 Å². The minimum atomic E-state index is -0.00124. The number of imidazole rings is 1. The molecule has 4 heterocycles. The van der Waals surface area contributed by atoms with Gasteiger partial charge in [0.05, 0.1) is 22.2 Å².